The summed E-state index contributed by atoms with van der Waals surface area (Å²) in [6.45, 7) is 4.71. The van der Waals surface area contributed by atoms with Crippen LogP contribution in [-0.4, -0.2) is 48.3 Å². The van der Waals surface area contributed by atoms with Gasteiger partial charge in [-0.25, -0.2) is 8.78 Å². The van der Waals surface area contributed by atoms with E-state index in [9.17, 15) is 18.4 Å². The number of nitrogens with zero attached hydrogens (tertiary/aromatic N) is 2. The quantitative estimate of drug-likeness (QED) is 0.828. The molecule has 0 aliphatic heterocycles. The highest BCUT2D eigenvalue weighted by Gasteiger charge is 2.18. The lowest BCUT2D eigenvalue weighted by Crippen LogP contribution is -2.41. The highest BCUT2D eigenvalue weighted by molar-refractivity contribution is 5.96. The molecule has 1 rings (SSSR count). The fourth-order valence-electron chi connectivity index (χ4n) is 1.80. The lowest BCUT2D eigenvalue weighted by atomic mass is 10.2. The normalized spacial score (nSPS) is 10.2. The Kier molecular flexibility index (Phi) is 5.61. The van der Waals surface area contributed by atoms with Gasteiger partial charge in [0, 0.05) is 25.7 Å². The first-order valence-electron chi connectivity index (χ1n) is 6.39. The molecule has 0 atom stereocenters. The number of hydrogen-bond donors (Lipinski definition) is 0. The molecule has 0 heterocycles. The van der Waals surface area contributed by atoms with Crippen LogP contribution in [0.3, 0.4) is 0 Å². The molecule has 0 aromatic heterocycles. The van der Waals surface area contributed by atoms with E-state index in [2.05, 4.69) is 0 Å². The van der Waals surface area contributed by atoms with Crippen LogP contribution < -0.4 is 0 Å². The zero-order valence-corrected chi connectivity index (χ0v) is 11.8. The Morgan fingerprint density at radius 3 is 2.20 bits per heavy atom. The van der Waals surface area contributed by atoms with Crippen molar-refractivity contribution in [2.75, 3.05) is 26.7 Å². The number of likely N-dealkylation sites (N-methyl/N-ethyl adjacent to an activating group) is 2. The monoisotopic (exact) mass is 284 g/mol. The second-order valence-electron chi connectivity index (χ2n) is 4.36. The highest BCUT2D eigenvalue weighted by atomic mass is 19.2. The van der Waals surface area contributed by atoms with Gasteiger partial charge >= 0.3 is 0 Å². The third-order valence-corrected chi connectivity index (χ3v) is 3.00. The molecule has 0 fully saturated rings. The van der Waals surface area contributed by atoms with Crippen LogP contribution in [0.1, 0.15) is 24.2 Å². The van der Waals surface area contributed by atoms with Crippen molar-refractivity contribution in [2.24, 2.45) is 0 Å². The second kappa shape index (κ2) is 6.98. The zero-order chi connectivity index (χ0) is 15.3. The van der Waals surface area contributed by atoms with Crippen LogP contribution in [0.5, 0.6) is 0 Å². The molecule has 110 valence electrons. The predicted molar refractivity (Wildman–Crippen MR) is 71.2 cm³/mol. The van der Waals surface area contributed by atoms with Crippen LogP contribution in [0.25, 0.3) is 0 Å². The van der Waals surface area contributed by atoms with Crippen LogP contribution in [-0.2, 0) is 4.79 Å². The summed E-state index contributed by atoms with van der Waals surface area (Å²) in [6.07, 6.45) is 0. The third-order valence-electron chi connectivity index (χ3n) is 3.00. The van der Waals surface area contributed by atoms with Crippen LogP contribution >= 0.6 is 0 Å². The van der Waals surface area contributed by atoms with E-state index in [0.29, 0.717) is 13.1 Å². The average molecular weight is 284 g/mol. The summed E-state index contributed by atoms with van der Waals surface area (Å²) in [5, 5.41) is 0. The number of benzene rings is 1. The summed E-state index contributed by atoms with van der Waals surface area (Å²) in [4.78, 5) is 26.7. The van der Waals surface area contributed by atoms with E-state index in [4.69, 9.17) is 0 Å². The number of carbonyl (C=O) groups excluding carboxylic acids is 2. The zero-order valence-electron chi connectivity index (χ0n) is 11.8. The van der Waals surface area contributed by atoms with Crippen molar-refractivity contribution in [2.45, 2.75) is 13.8 Å². The van der Waals surface area contributed by atoms with Gasteiger partial charge in [-0.05, 0) is 32.0 Å². The second-order valence-corrected chi connectivity index (χ2v) is 4.36. The Bertz CT molecular complexity index is 502. The molecular weight excluding hydrogens is 266 g/mol. The molecule has 0 aliphatic carbocycles. The SMILES string of the molecule is CCN(CC)C(=O)CN(C)C(=O)c1ccc(F)c(F)c1. The Morgan fingerprint density at radius 2 is 1.70 bits per heavy atom. The molecule has 0 radical (unpaired) electrons. The Morgan fingerprint density at radius 1 is 1.10 bits per heavy atom. The molecule has 0 bridgehead atoms. The van der Waals surface area contributed by atoms with Gasteiger partial charge in [-0.15, -0.1) is 0 Å². The lowest BCUT2D eigenvalue weighted by molar-refractivity contribution is -0.131. The number of carbonyl (C=O) groups is 2. The smallest absolute Gasteiger partial charge is 0.254 e. The molecule has 6 heteroatoms. The number of rotatable bonds is 5. The van der Waals surface area contributed by atoms with E-state index in [-0.39, 0.29) is 18.0 Å². The summed E-state index contributed by atoms with van der Waals surface area (Å²) >= 11 is 0. The molecule has 0 spiro atoms. The topological polar surface area (TPSA) is 40.6 Å². The van der Waals surface area contributed by atoms with E-state index in [0.717, 1.165) is 12.1 Å². The molecule has 2 amide bonds. The highest BCUT2D eigenvalue weighted by Crippen LogP contribution is 2.10. The van der Waals surface area contributed by atoms with Crippen molar-refractivity contribution < 1.29 is 18.4 Å². The van der Waals surface area contributed by atoms with E-state index in [1.165, 1.54) is 18.0 Å². The van der Waals surface area contributed by atoms with Gasteiger partial charge < -0.3 is 9.80 Å². The van der Waals surface area contributed by atoms with Crippen molar-refractivity contribution in [3.05, 3.63) is 35.4 Å². The molecule has 4 nitrogen and oxygen atoms in total. The summed E-state index contributed by atoms with van der Waals surface area (Å²) < 4.78 is 25.9. The van der Waals surface area contributed by atoms with Crippen LogP contribution in [0.2, 0.25) is 0 Å². The van der Waals surface area contributed by atoms with Crippen molar-refractivity contribution in [3.8, 4) is 0 Å². The van der Waals surface area contributed by atoms with Gasteiger partial charge in [0.15, 0.2) is 11.6 Å². The number of halogens is 2. The summed E-state index contributed by atoms with van der Waals surface area (Å²) in [5.41, 5.74) is 0.0127. The fraction of sp³-hybridized carbons (Fsp3) is 0.429. The molecule has 1 aromatic carbocycles. The summed E-state index contributed by atoms with van der Waals surface area (Å²) in [6, 6.07) is 2.91. The first-order chi connectivity index (χ1) is 9.40. The Balaban J connectivity index is 2.76. The van der Waals surface area contributed by atoms with Crippen molar-refractivity contribution in [1.29, 1.82) is 0 Å². The molecule has 0 N–H and O–H groups in total. The minimum atomic E-state index is -1.08. The summed E-state index contributed by atoms with van der Waals surface area (Å²) in [7, 11) is 1.45. The van der Waals surface area contributed by atoms with Gasteiger partial charge in [0.25, 0.3) is 5.91 Å². The van der Waals surface area contributed by atoms with Crippen LogP contribution in [0.4, 0.5) is 8.78 Å². The molecular formula is C14H18F2N2O2. The molecule has 0 saturated heterocycles. The van der Waals surface area contributed by atoms with E-state index in [1.807, 2.05) is 13.8 Å². The minimum absolute atomic E-state index is 0.0127. The first kappa shape index (κ1) is 16.1. The maximum absolute atomic E-state index is 13.1. The molecule has 0 aliphatic rings. The van der Waals surface area contributed by atoms with Gasteiger partial charge in [0.1, 0.15) is 0 Å². The van der Waals surface area contributed by atoms with Gasteiger partial charge in [-0.2, -0.15) is 0 Å². The van der Waals surface area contributed by atoms with Crippen LogP contribution in [0.15, 0.2) is 18.2 Å². The lowest BCUT2D eigenvalue weighted by Gasteiger charge is -2.23. The average Bonchev–Trinajstić information content (AvgIpc) is 2.42. The molecule has 1 aromatic rings. The van der Waals surface area contributed by atoms with Crippen molar-refractivity contribution in [3.63, 3.8) is 0 Å². The fourth-order valence-corrected chi connectivity index (χ4v) is 1.80. The maximum Gasteiger partial charge on any atom is 0.254 e. The summed E-state index contributed by atoms with van der Waals surface area (Å²) in [5.74, 6) is -2.81. The maximum atomic E-state index is 13.1. The molecule has 0 saturated carbocycles. The van der Waals surface area contributed by atoms with Gasteiger partial charge in [0.05, 0.1) is 6.54 Å². The van der Waals surface area contributed by atoms with Gasteiger partial charge in [0.2, 0.25) is 5.91 Å². The van der Waals surface area contributed by atoms with Crippen molar-refractivity contribution >= 4 is 11.8 Å². The standard InChI is InChI=1S/C14H18F2N2O2/c1-4-18(5-2)13(19)9-17(3)14(20)10-6-7-11(15)12(16)8-10/h6-8H,4-5,9H2,1-3H3. The third kappa shape index (κ3) is 3.76. The number of amides is 2. The largest absolute Gasteiger partial charge is 0.342 e. The minimum Gasteiger partial charge on any atom is -0.342 e. The molecule has 0 unspecified atom stereocenters. The van der Waals surface area contributed by atoms with E-state index in [1.54, 1.807) is 4.90 Å². The first-order valence-corrected chi connectivity index (χ1v) is 6.39. The van der Waals surface area contributed by atoms with Gasteiger partial charge in [-0.1, -0.05) is 0 Å². The molecule has 20 heavy (non-hydrogen) atoms. The predicted octanol–water partition coefficient (Wildman–Crippen LogP) is 1.91. The van der Waals surface area contributed by atoms with Crippen molar-refractivity contribution in [1.82, 2.24) is 9.80 Å². The Labute approximate surface area is 117 Å². The van der Waals surface area contributed by atoms with E-state index < -0.39 is 17.5 Å². The Hall–Kier alpha value is -1.98. The van der Waals surface area contributed by atoms with Gasteiger partial charge in [-0.3, -0.25) is 9.59 Å². The van der Waals surface area contributed by atoms with E-state index >= 15 is 0 Å². The number of hydrogen-bond acceptors (Lipinski definition) is 2. The van der Waals surface area contributed by atoms with Crippen LogP contribution in [0, 0.1) is 11.6 Å².